The van der Waals surface area contributed by atoms with Gasteiger partial charge in [-0.1, -0.05) is 36.8 Å². The summed E-state index contributed by atoms with van der Waals surface area (Å²) in [6.07, 6.45) is 4.48. The summed E-state index contributed by atoms with van der Waals surface area (Å²) in [6, 6.07) is 9.62. The lowest BCUT2D eigenvalue weighted by Crippen LogP contribution is -2.04. The summed E-state index contributed by atoms with van der Waals surface area (Å²) in [6.45, 7) is 0.341. The Hall–Kier alpha value is -1.64. The summed E-state index contributed by atoms with van der Waals surface area (Å²) >= 11 is 0. The Morgan fingerprint density at radius 1 is 1.12 bits per heavy atom. The van der Waals surface area contributed by atoms with Crippen molar-refractivity contribution in [1.82, 2.24) is 0 Å². The zero-order valence-corrected chi connectivity index (χ0v) is 9.93. The van der Waals surface area contributed by atoms with Crippen molar-refractivity contribution < 1.29 is 14.3 Å². The van der Waals surface area contributed by atoms with E-state index in [1.54, 1.807) is 0 Å². The van der Waals surface area contributed by atoms with Gasteiger partial charge in [0.2, 0.25) is 0 Å². The summed E-state index contributed by atoms with van der Waals surface area (Å²) in [7, 11) is 0. The number of aldehydes is 1. The standard InChI is InChI=1S/C14H18O3/c15-11-7-2-1-6-10-14(16)17-12-13-8-4-3-5-9-13/h3-5,8-9,11H,1-2,6-7,10,12H2. The van der Waals surface area contributed by atoms with Crippen LogP contribution < -0.4 is 0 Å². The molecule has 0 heterocycles. The van der Waals surface area contributed by atoms with E-state index in [0.29, 0.717) is 19.4 Å². The number of rotatable bonds is 8. The Kier molecular flexibility index (Phi) is 6.72. The minimum atomic E-state index is -0.167. The maximum absolute atomic E-state index is 11.4. The van der Waals surface area contributed by atoms with Gasteiger partial charge in [0.25, 0.3) is 0 Å². The molecule has 0 atom stereocenters. The molecule has 0 aromatic heterocycles. The normalized spacial score (nSPS) is 9.88. The van der Waals surface area contributed by atoms with Gasteiger partial charge in [0.15, 0.2) is 0 Å². The van der Waals surface area contributed by atoms with Crippen molar-refractivity contribution in [1.29, 1.82) is 0 Å². The Morgan fingerprint density at radius 3 is 2.59 bits per heavy atom. The number of carbonyl (C=O) groups is 2. The van der Waals surface area contributed by atoms with Gasteiger partial charge in [0.05, 0.1) is 0 Å². The molecule has 0 fully saturated rings. The Bertz CT molecular complexity index is 333. The topological polar surface area (TPSA) is 43.4 Å². The van der Waals surface area contributed by atoms with E-state index in [2.05, 4.69) is 0 Å². The number of hydrogen-bond donors (Lipinski definition) is 0. The van der Waals surface area contributed by atoms with E-state index in [1.807, 2.05) is 30.3 Å². The van der Waals surface area contributed by atoms with Gasteiger partial charge >= 0.3 is 5.97 Å². The predicted octanol–water partition coefficient (Wildman–Crippen LogP) is 2.88. The van der Waals surface area contributed by atoms with Crippen LogP contribution in [0.1, 0.15) is 37.7 Å². The molecule has 1 aromatic carbocycles. The average Bonchev–Trinajstić information content (AvgIpc) is 2.37. The molecule has 0 radical (unpaired) electrons. The molecule has 3 nitrogen and oxygen atoms in total. The molecule has 0 amide bonds. The minimum absolute atomic E-state index is 0.167. The fraction of sp³-hybridized carbons (Fsp3) is 0.429. The summed E-state index contributed by atoms with van der Waals surface area (Å²) in [5.41, 5.74) is 1.00. The monoisotopic (exact) mass is 234 g/mol. The summed E-state index contributed by atoms with van der Waals surface area (Å²) < 4.78 is 5.13. The molecule has 0 aliphatic rings. The second-order valence-corrected chi connectivity index (χ2v) is 3.91. The van der Waals surface area contributed by atoms with Crippen molar-refractivity contribution in [2.24, 2.45) is 0 Å². The zero-order valence-electron chi connectivity index (χ0n) is 9.93. The summed E-state index contributed by atoms with van der Waals surface area (Å²) in [4.78, 5) is 21.4. The lowest BCUT2D eigenvalue weighted by molar-refractivity contribution is -0.145. The van der Waals surface area contributed by atoms with Gasteiger partial charge in [-0.3, -0.25) is 4.79 Å². The predicted molar refractivity (Wildman–Crippen MR) is 65.4 cm³/mol. The van der Waals surface area contributed by atoms with E-state index < -0.39 is 0 Å². The van der Waals surface area contributed by atoms with Crippen molar-refractivity contribution in [3.8, 4) is 0 Å². The third-order valence-electron chi connectivity index (χ3n) is 2.45. The maximum atomic E-state index is 11.4. The molecule has 92 valence electrons. The van der Waals surface area contributed by atoms with E-state index in [9.17, 15) is 9.59 Å². The fourth-order valence-corrected chi connectivity index (χ4v) is 1.48. The van der Waals surface area contributed by atoms with Gasteiger partial charge in [-0.2, -0.15) is 0 Å². The van der Waals surface area contributed by atoms with Crippen LogP contribution in [0.25, 0.3) is 0 Å². The molecule has 0 spiro atoms. The van der Waals surface area contributed by atoms with Gasteiger partial charge in [-0.15, -0.1) is 0 Å². The number of benzene rings is 1. The van der Waals surface area contributed by atoms with Gasteiger partial charge in [0, 0.05) is 12.8 Å². The Morgan fingerprint density at radius 2 is 1.88 bits per heavy atom. The third kappa shape index (κ3) is 6.51. The van der Waals surface area contributed by atoms with E-state index in [4.69, 9.17) is 4.74 Å². The first kappa shape index (κ1) is 13.4. The van der Waals surface area contributed by atoms with Crippen LogP contribution in [-0.4, -0.2) is 12.3 Å². The number of esters is 1. The molecule has 0 saturated heterocycles. The Labute approximate surface area is 102 Å². The fourth-order valence-electron chi connectivity index (χ4n) is 1.48. The van der Waals surface area contributed by atoms with Gasteiger partial charge < -0.3 is 9.53 Å². The van der Waals surface area contributed by atoms with Crippen LogP contribution in [0.15, 0.2) is 30.3 Å². The highest BCUT2D eigenvalue weighted by molar-refractivity contribution is 5.69. The molecule has 0 bridgehead atoms. The minimum Gasteiger partial charge on any atom is -0.461 e. The molecular formula is C14H18O3. The van der Waals surface area contributed by atoms with E-state index >= 15 is 0 Å². The first-order valence-electron chi connectivity index (χ1n) is 5.96. The molecule has 0 saturated carbocycles. The third-order valence-corrected chi connectivity index (χ3v) is 2.45. The molecule has 0 aliphatic heterocycles. The second-order valence-electron chi connectivity index (χ2n) is 3.91. The van der Waals surface area contributed by atoms with Gasteiger partial charge in [-0.25, -0.2) is 0 Å². The van der Waals surface area contributed by atoms with Crippen LogP contribution in [0.3, 0.4) is 0 Å². The van der Waals surface area contributed by atoms with Crippen LogP contribution in [0.4, 0.5) is 0 Å². The highest BCUT2D eigenvalue weighted by Crippen LogP contribution is 2.05. The summed E-state index contributed by atoms with van der Waals surface area (Å²) in [5, 5.41) is 0. The van der Waals surface area contributed by atoms with Crippen molar-refractivity contribution in [2.75, 3.05) is 0 Å². The SMILES string of the molecule is O=CCCCCCC(=O)OCc1ccccc1. The van der Waals surface area contributed by atoms with Crippen LogP contribution in [-0.2, 0) is 20.9 Å². The first-order chi connectivity index (χ1) is 8.33. The first-order valence-corrected chi connectivity index (χ1v) is 5.96. The summed E-state index contributed by atoms with van der Waals surface area (Å²) in [5.74, 6) is -0.167. The molecule has 0 unspecified atom stereocenters. The van der Waals surface area contributed by atoms with Gasteiger partial charge in [-0.05, 0) is 18.4 Å². The molecule has 1 rings (SSSR count). The van der Waals surface area contributed by atoms with E-state index in [1.165, 1.54) is 0 Å². The lowest BCUT2D eigenvalue weighted by Gasteiger charge is -2.04. The lowest BCUT2D eigenvalue weighted by atomic mass is 10.1. The molecule has 17 heavy (non-hydrogen) atoms. The highest BCUT2D eigenvalue weighted by atomic mass is 16.5. The molecule has 0 N–H and O–H groups in total. The van der Waals surface area contributed by atoms with Crippen molar-refractivity contribution in [3.63, 3.8) is 0 Å². The van der Waals surface area contributed by atoms with Crippen LogP contribution in [0.5, 0.6) is 0 Å². The smallest absolute Gasteiger partial charge is 0.306 e. The molecule has 3 heteroatoms. The van der Waals surface area contributed by atoms with Crippen molar-refractivity contribution in [2.45, 2.75) is 38.7 Å². The van der Waals surface area contributed by atoms with Crippen LogP contribution in [0, 0.1) is 0 Å². The number of hydrogen-bond acceptors (Lipinski definition) is 3. The number of ether oxygens (including phenoxy) is 1. The molecular weight excluding hydrogens is 216 g/mol. The van der Waals surface area contributed by atoms with Crippen molar-refractivity contribution in [3.05, 3.63) is 35.9 Å². The van der Waals surface area contributed by atoms with Crippen LogP contribution in [0.2, 0.25) is 0 Å². The zero-order chi connectivity index (χ0) is 12.3. The number of carbonyl (C=O) groups excluding carboxylic acids is 2. The van der Waals surface area contributed by atoms with E-state index in [-0.39, 0.29) is 5.97 Å². The average molecular weight is 234 g/mol. The highest BCUT2D eigenvalue weighted by Gasteiger charge is 2.02. The van der Waals surface area contributed by atoms with E-state index in [0.717, 1.165) is 31.1 Å². The second kappa shape index (κ2) is 8.50. The molecule has 1 aromatic rings. The Balaban J connectivity index is 2.07. The number of unbranched alkanes of at least 4 members (excludes halogenated alkanes) is 3. The maximum Gasteiger partial charge on any atom is 0.306 e. The quantitative estimate of drug-likeness (QED) is 0.394. The van der Waals surface area contributed by atoms with Crippen molar-refractivity contribution >= 4 is 12.3 Å². The van der Waals surface area contributed by atoms with Gasteiger partial charge in [0.1, 0.15) is 12.9 Å². The molecule has 0 aliphatic carbocycles. The van der Waals surface area contributed by atoms with Crippen LogP contribution >= 0.6 is 0 Å². The largest absolute Gasteiger partial charge is 0.461 e.